The van der Waals surface area contributed by atoms with Gasteiger partial charge in [0.15, 0.2) is 11.5 Å². The van der Waals surface area contributed by atoms with Gasteiger partial charge in [0.2, 0.25) is 5.91 Å². The number of rotatable bonds is 4. The molecule has 2 aliphatic carbocycles. The van der Waals surface area contributed by atoms with Crippen LogP contribution in [0.4, 0.5) is 0 Å². The average molecular weight is 347 g/mol. The van der Waals surface area contributed by atoms with E-state index in [-0.39, 0.29) is 5.91 Å². The Balaban J connectivity index is 1.31. The van der Waals surface area contributed by atoms with Gasteiger partial charge in [0, 0.05) is 23.4 Å². The highest BCUT2D eigenvalue weighted by Gasteiger charge is 2.54. The summed E-state index contributed by atoms with van der Waals surface area (Å²) in [5.74, 6) is 1.85. The molecule has 0 saturated heterocycles. The molecule has 4 nitrogen and oxygen atoms in total. The summed E-state index contributed by atoms with van der Waals surface area (Å²) in [5, 5.41) is 3.85. The zero-order valence-corrected chi connectivity index (χ0v) is 14.9. The van der Waals surface area contributed by atoms with Gasteiger partial charge in [0.05, 0.1) is 0 Å². The molecule has 1 aromatic carbocycles. The fourth-order valence-corrected chi connectivity index (χ4v) is 4.50. The average Bonchev–Trinajstić information content (AvgIpc) is 2.81. The number of fused-ring (bicyclic) bond motifs is 1. The Hall–Kier alpha value is -1.55. The molecular formula is C19H23ClN2O2. The number of amides is 1. The maximum atomic E-state index is 11.8. The van der Waals surface area contributed by atoms with Crippen molar-refractivity contribution in [3.05, 3.63) is 29.1 Å². The van der Waals surface area contributed by atoms with Crippen LogP contribution >= 0.6 is 11.6 Å². The van der Waals surface area contributed by atoms with Gasteiger partial charge < -0.3 is 9.73 Å². The molecule has 24 heavy (non-hydrogen) atoms. The Kier molecular flexibility index (Phi) is 3.83. The number of carbonyl (C=O) groups excluding carboxylic acids is 1. The van der Waals surface area contributed by atoms with E-state index in [0.717, 1.165) is 42.7 Å². The summed E-state index contributed by atoms with van der Waals surface area (Å²) in [4.78, 5) is 16.4. The van der Waals surface area contributed by atoms with Crippen molar-refractivity contribution in [2.24, 2.45) is 11.3 Å². The summed E-state index contributed by atoms with van der Waals surface area (Å²) in [6, 6.07) is 5.92. The van der Waals surface area contributed by atoms with Crippen LogP contribution in [0.2, 0.25) is 5.02 Å². The van der Waals surface area contributed by atoms with Crippen molar-refractivity contribution in [1.82, 2.24) is 10.3 Å². The van der Waals surface area contributed by atoms with Crippen LogP contribution in [0.15, 0.2) is 22.6 Å². The molecule has 1 aromatic heterocycles. The Labute approximate surface area is 147 Å². The molecule has 2 fully saturated rings. The van der Waals surface area contributed by atoms with Gasteiger partial charge in [-0.2, -0.15) is 0 Å². The van der Waals surface area contributed by atoms with Crippen molar-refractivity contribution in [2.45, 2.75) is 57.9 Å². The fourth-order valence-electron chi connectivity index (χ4n) is 4.33. The van der Waals surface area contributed by atoms with Gasteiger partial charge in [-0.3, -0.25) is 4.79 Å². The Morgan fingerprint density at radius 3 is 2.83 bits per heavy atom. The first-order valence-electron chi connectivity index (χ1n) is 8.78. The first-order valence-corrected chi connectivity index (χ1v) is 9.16. The molecule has 1 amide bonds. The standard InChI is InChI=1S/C19H23ClN2O2/c1-11(2)5-17(23)21-14-9-19(10-14)7-12(8-19)18-22-15-6-13(20)3-4-16(15)24-18/h3-4,6,11-12,14H,5,7-10H2,1-2H3,(H,21,23). The monoisotopic (exact) mass is 346 g/mol. The second-order valence-corrected chi connectivity index (χ2v) is 8.48. The van der Waals surface area contributed by atoms with Crippen LogP contribution in [0.5, 0.6) is 0 Å². The van der Waals surface area contributed by atoms with E-state index in [1.807, 2.05) is 18.2 Å². The molecule has 0 bridgehead atoms. The number of halogens is 1. The maximum Gasteiger partial charge on any atom is 0.220 e. The molecule has 0 radical (unpaired) electrons. The van der Waals surface area contributed by atoms with E-state index < -0.39 is 0 Å². The van der Waals surface area contributed by atoms with Gasteiger partial charge in [-0.25, -0.2) is 4.98 Å². The Morgan fingerprint density at radius 2 is 2.12 bits per heavy atom. The third-order valence-corrected chi connectivity index (χ3v) is 5.63. The second kappa shape index (κ2) is 5.76. The number of oxazole rings is 1. The number of nitrogens with zero attached hydrogens (tertiary/aromatic N) is 1. The third-order valence-electron chi connectivity index (χ3n) is 5.39. The van der Waals surface area contributed by atoms with Crippen LogP contribution in [0.3, 0.4) is 0 Å². The van der Waals surface area contributed by atoms with Gasteiger partial charge in [-0.15, -0.1) is 0 Å². The molecule has 2 aliphatic rings. The first-order chi connectivity index (χ1) is 11.4. The topological polar surface area (TPSA) is 55.1 Å². The summed E-state index contributed by atoms with van der Waals surface area (Å²) in [6.45, 7) is 4.15. The molecule has 0 unspecified atom stereocenters. The minimum atomic E-state index is 0.191. The van der Waals surface area contributed by atoms with Crippen molar-refractivity contribution >= 4 is 28.6 Å². The molecule has 1 N–H and O–H groups in total. The maximum absolute atomic E-state index is 11.8. The number of nitrogens with one attached hydrogen (secondary N) is 1. The normalized spacial score (nSPS) is 28.8. The summed E-state index contributed by atoms with van der Waals surface area (Å²) in [7, 11) is 0. The minimum Gasteiger partial charge on any atom is -0.440 e. The number of hydrogen-bond acceptors (Lipinski definition) is 3. The van der Waals surface area contributed by atoms with Gasteiger partial charge in [0.1, 0.15) is 5.52 Å². The van der Waals surface area contributed by atoms with Crippen molar-refractivity contribution in [2.75, 3.05) is 0 Å². The van der Waals surface area contributed by atoms with Crippen molar-refractivity contribution in [1.29, 1.82) is 0 Å². The van der Waals surface area contributed by atoms with Gasteiger partial charge in [-0.05, 0) is 55.2 Å². The number of aromatic nitrogens is 1. The third kappa shape index (κ3) is 2.92. The molecule has 0 aliphatic heterocycles. The van der Waals surface area contributed by atoms with E-state index in [9.17, 15) is 4.79 Å². The largest absolute Gasteiger partial charge is 0.440 e. The van der Waals surface area contributed by atoms with Crippen LogP contribution < -0.4 is 5.32 Å². The Morgan fingerprint density at radius 1 is 1.38 bits per heavy atom. The van der Waals surface area contributed by atoms with Gasteiger partial charge >= 0.3 is 0 Å². The predicted molar refractivity (Wildman–Crippen MR) is 94.0 cm³/mol. The van der Waals surface area contributed by atoms with Gasteiger partial charge in [0.25, 0.3) is 0 Å². The van der Waals surface area contributed by atoms with Crippen molar-refractivity contribution in [3.8, 4) is 0 Å². The lowest BCUT2D eigenvalue weighted by atomic mass is 9.50. The van der Waals surface area contributed by atoms with E-state index in [0.29, 0.717) is 34.7 Å². The number of benzene rings is 1. The number of hydrogen-bond donors (Lipinski definition) is 1. The summed E-state index contributed by atoms with van der Waals surface area (Å²) in [6.07, 6.45) is 5.05. The molecular weight excluding hydrogens is 324 g/mol. The molecule has 1 spiro atoms. The zero-order valence-electron chi connectivity index (χ0n) is 14.1. The second-order valence-electron chi connectivity index (χ2n) is 8.04. The van der Waals surface area contributed by atoms with Crippen LogP contribution in [-0.4, -0.2) is 16.9 Å². The van der Waals surface area contributed by atoms with Crippen molar-refractivity contribution < 1.29 is 9.21 Å². The highest BCUT2D eigenvalue weighted by atomic mass is 35.5. The van der Waals surface area contributed by atoms with Gasteiger partial charge in [-0.1, -0.05) is 25.4 Å². The van der Waals surface area contributed by atoms with Crippen LogP contribution in [0.25, 0.3) is 11.1 Å². The van der Waals surface area contributed by atoms with Crippen LogP contribution in [0.1, 0.15) is 57.8 Å². The predicted octanol–water partition coefficient (Wildman–Crippen LogP) is 4.67. The lowest BCUT2D eigenvalue weighted by Crippen LogP contribution is -2.55. The lowest BCUT2D eigenvalue weighted by Gasteiger charge is -2.57. The first kappa shape index (κ1) is 15.9. The molecule has 5 heteroatoms. The molecule has 0 atom stereocenters. The lowest BCUT2D eigenvalue weighted by molar-refractivity contribution is -0.125. The number of carbonyl (C=O) groups is 1. The minimum absolute atomic E-state index is 0.191. The van der Waals surface area contributed by atoms with Crippen LogP contribution in [-0.2, 0) is 4.79 Å². The van der Waals surface area contributed by atoms with E-state index in [1.54, 1.807) is 0 Å². The molecule has 128 valence electrons. The summed E-state index contributed by atoms with van der Waals surface area (Å²) >= 11 is 6.01. The summed E-state index contributed by atoms with van der Waals surface area (Å²) in [5.41, 5.74) is 2.05. The van der Waals surface area contributed by atoms with E-state index in [1.165, 1.54) is 0 Å². The van der Waals surface area contributed by atoms with Crippen molar-refractivity contribution in [3.63, 3.8) is 0 Å². The SMILES string of the molecule is CC(C)CC(=O)NC1CC2(C1)CC(c1nc3cc(Cl)ccc3o1)C2. The summed E-state index contributed by atoms with van der Waals surface area (Å²) < 4.78 is 5.88. The Bertz CT molecular complexity index is 769. The smallest absolute Gasteiger partial charge is 0.220 e. The van der Waals surface area contributed by atoms with E-state index in [2.05, 4.69) is 24.1 Å². The molecule has 2 aromatic rings. The van der Waals surface area contributed by atoms with E-state index >= 15 is 0 Å². The molecule has 1 heterocycles. The molecule has 4 rings (SSSR count). The quantitative estimate of drug-likeness (QED) is 0.875. The van der Waals surface area contributed by atoms with E-state index in [4.69, 9.17) is 16.0 Å². The molecule has 2 saturated carbocycles. The fraction of sp³-hybridized carbons (Fsp3) is 0.579. The highest BCUT2D eigenvalue weighted by Crippen LogP contribution is 2.61. The van der Waals surface area contributed by atoms with Crippen LogP contribution in [0, 0.1) is 11.3 Å². The zero-order chi connectivity index (χ0) is 16.9. The highest BCUT2D eigenvalue weighted by molar-refractivity contribution is 6.31.